The van der Waals surface area contributed by atoms with Crippen LogP contribution in [-0.4, -0.2) is 86.8 Å². The van der Waals surface area contributed by atoms with Crippen molar-refractivity contribution in [1.29, 1.82) is 0 Å². The van der Waals surface area contributed by atoms with Crippen molar-refractivity contribution in [3.8, 4) is 11.5 Å². The lowest BCUT2D eigenvalue weighted by Gasteiger charge is -2.17. The zero-order valence-electron chi connectivity index (χ0n) is 19.4. The van der Waals surface area contributed by atoms with Crippen LogP contribution >= 0.6 is 0 Å². The van der Waals surface area contributed by atoms with Crippen LogP contribution in [0.3, 0.4) is 0 Å². The minimum atomic E-state index is -0.652. The molecule has 0 aromatic heterocycles. The molecule has 3 amide bonds. The van der Waals surface area contributed by atoms with Crippen molar-refractivity contribution in [2.45, 2.75) is 13.8 Å². The van der Waals surface area contributed by atoms with E-state index in [1.807, 2.05) is 0 Å². The molecule has 2 rings (SSSR count). The average molecular weight is 479 g/mol. The second-order valence-corrected chi connectivity index (χ2v) is 7.24. The van der Waals surface area contributed by atoms with Crippen molar-refractivity contribution in [3.05, 3.63) is 29.5 Å². The molecule has 12 heteroatoms. The van der Waals surface area contributed by atoms with Crippen molar-refractivity contribution >= 4 is 29.4 Å². The first-order chi connectivity index (χ1) is 16.3. The number of esters is 1. The molecular formula is C22H30N4O8. The van der Waals surface area contributed by atoms with Crippen molar-refractivity contribution in [3.63, 3.8) is 0 Å². The molecule has 1 aromatic rings. The molecule has 4 N–H and O–H groups in total. The number of carbonyl (C=O) groups excluding carboxylic acids is 4. The number of β-amino-alcohol motifs (C(OH)–C–C–N with tert-alkyl or cyclic N) is 1. The number of aliphatic hydroxyl groups is 1. The molecule has 0 bridgehead atoms. The lowest BCUT2D eigenvalue weighted by molar-refractivity contribution is -0.136. The predicted octanol–water partition coefficient (Wildman–Crippen LogP) is -0.610. The Kier molecular flexibility index (Phi) is 10.1. The third-order valence-electron chi connectivity index (χ3n) is 4.63. The fraction of sp³-hybridized carbons (Fsp3) is 0.455. The molecule has 34 heavy (non-hydrogen) atoms. The molecule has 0 fully saturated rings. The largest absolute Gasteiger partial charge is 0.488 e. The van der Waals surface area contributed by atoms with E-state index < -0.39 is 11.9 Å². The Bertz CT molecular complexity index is 947. The average Bonchev–Trinajstić information content (AvgIpc) is 3.10. The Morgan fingerprint density at radius 2 is 1.65 bits per heavy atom. The number of benzene rings is 1. The highest BCUT2D eigenvalue weighted by atomic mass is 16.5. The summed E-state index contributed by atoms with van der Waals surface area (Å²) in [7, 11) is 1.22. The third-order valence-corrected chi connectivity index (χ3v) is 4.63. The minimum absolute atomic E-state index is 0.0127. The van der Waals surface area contributed by atoms with Gasteiger partial charge in [-0.15, -0.1) is 0 Å². The second-order valence-electron chi connectivity index (χ2n) is 7.24. The topological polar surface area (TPSA) is 156 Å². The summed E-state index contributed by atoms with van der Waals surface area (Å²) in [5.41, 5.74) is 0.632. The normalized spacial score (nSPS) is 12.9. The van der Waals surface area contributed by atoms with E-state index in [1.165, 1.54) is 25.9 Å². The monoisotopic (exact) mass is 478 g/mol. The maximum atomic E-state index is 12.7. The summed E-state index contributed by atoms with van der Waals surface area (Å²) in [6, 6.07) is 4.84. The van der Waals surface area contributed by atoms with E-state index >= 15 is 0 Å². The van der Waals surface area contributed by atoms with E-state index in [2.05, 4.69) is 16.0 Å². The number of carbonyl (C=O) groups is 4. The number of nitrogens with zero attached hydrogens (tertiary/aromatic N) is 1. The van der Waals surface area contributed by atoms with Gasteiger partial charge in [-0.25, -0.2) is 4.79 Å². The maximum absolute atomic E-state index is 12.7. The van der Waals surface area contributed by atoms with Gasteiger partial charge in [0.2, 0.25) is 11.8 Å². The molecule has 0 aliphatic carbocycles. The molecule has 0 spiro atoms. The van der Waals surface area contributed by atoms with Crippen molar-refractivity contribution < 1.29 is 38.5 Å². The van der Waals surface area contributed by atoms with Crippen LogP contribution in [0.25, 0.3) is 0 Å². The highest BCUT2D eigenvalue weighted by Gasteiger charge is 2.34. The van der Waals surface area contributed by atoms with Gasteiger partial charge in [0.05, 0.1) is 38.9 Å². The predicted molar refractivity (Wildman–Crippen MR) is 121 cm³/mol. The summed E-state index contributed by atoms with van der Waals surface area (Å²) in [5, 5.41) is 17.4. The lowest BCUT2D eigenvalue weighted by atomic mass is 10.2. The molecule has 1 heterocycles. The summed E-state index contributed by atoms with van der Waals surface area (Å²) < 4.78 is 16.2. The van der Waals surface area contributed by atoms with Crippen LogP contribution in [0.2, 0.25) is 0 Å². The van der Waals surface area contributed by atoms with Crippen LogP contribution in [-0.2, 0) is 23.9 Å². The van der Waals surface area contributed by atoms with E-state index in [9.17, 15) is 24.3 Å². The van der Waals surface area contributed by atoms with E-state index in [1.54, 1.807) is 18.2 Å². The van der Waals surface area contributed by atoms with Crippen LogP contribution in [0, 0.1) is 0 Å². The summed E-state index contributed by atoms with van der Waals surface area (Å²) in [4.78, 5) is 48.4. The first-order valence-corrected chi connectivity index (χ1v) is 10.6. The van der Waals surface area contributed by atoms with Crippen LogP contribution in [0.4, 0.5) is 5.69 Å². The number of anilines is 1. The lowest BCUT2D eigenvalue weighted by Crippen LogP contribution is -2.31. The Hall–Kier alpha value is -3.80. The fourth-order valence-corrected chi connectivity index (χ4v) is 3.09. The number of methoxy groups -OCH3 is 1. The van der Waals surface area contributed by atoms with Crippen LogP contribution in [0.15, 0.2) is 29.5 Å². The first-order valence-electron chi connectivity index (χ1n) is 10.6. The van der Waals surface area contributed by atoms with Gasteiger partial charge in [0, 0.05) is 32.1 Å². The quantitative estimate of drug-likeness (QED) is 0.215. The number of hydrogen-bond acceptors (Lipinski definition) is 9. The van der Waals surface area contributed by atoms with Gasteiger partial charge >= 0.3 is 5.97 Å². The number of nitrogens with one attached hydrogen (secondary N) is 3. The van der Waals surface area contributed by atoms with Gasteiger partial charge in [0.25, 0.3) is 5.91 Å². The fourth-order valence-electron chi connectivity index (χ4n) is 3.09. The van der Waals surface area contributed by atoms with Crippen LogP contribution in [0.5, 0.6) is 11.5 Å². The molecule has 0 atom stereocenters. The van der Waals surface area contributed by atoms with E-state index in [0.29, 0.717) is 23.7 Å². The number of ether oxygens (including phenoxy) is 3. The van der Waals surface area contributed by atoms with Crippen molar-refractivity contribution in [1.82, 2.24) is 15.5 Å². The van der Waals surface area contributed by atoms with Gasteiger partial charge in [-0.3, -0.25) is 14.4 Å². The standard InChI is InChI=1S/C22H30N4O8/c1-14(28)23-6-10-33-18-5-4-16(12-19(18)34-11-7-24-15(2)29)25-20-17(22(31)32-3)13-26(8-9-27)21(20)30/h4-5,12,25,27H,6-11,13H2,1-3H3,(H,23,28)(H,24,29). The highest BCUT2D eigenvalue weighted by molar-refractivity contribution is 6.08. The Morgan fingerprint density at radius 1 is 1.03 bits per heavy atom. The van der Waals surface area contributed by atoms with E-state index in [-0.39, 0.29) is 62.5 Å². The number of amides is 3. The molecule has 1 aliphatic rings. The van der Waals surface area contributed by atoms with Gasteiger partial charge in [-0.1, -0.05) is 0 Å². The summed E-state index contributed by atoms with van der Waals surface area (Å²) >= 11 is 0. The van der Waals surface area contributed by atoms with Gasteiger partial charge < -0.3 is 40.2 Å². The minimum Gasteiger partial charge on any atom is -0.488 e. The third kappa shape index (κ3) is 7.66. The van der Waals surface area contributed by atoms with Crippen LogP contribution < -0.4 is 25.4 Å². The van der Waals surface area contributed by atoms with Crippen LogP contribution in [0.1, 0.15) is 13.8 Å². The van der Waals surface area contributed by atoms with E-state index in [0.717, 1.165) is 0 Å². The second kappa shape index (κ2) is 13.0. The SMILES string of the molecule is COC(=O)C1=C(Nc2ccc(OCCNC(C)=O)c(OCCNC(C)=O)c2)C(=O)N(CCO)C1. The maximum Gasteiger partial charge on any atom is 0.337 e. The van der Waals surface area contributed by atoms with Crippen molar-refractivity contribution in [2.24, 2.45) is 0 Å². The van der Waals surface area contributed by atoms with Gasteiger partial charge in [-0.05, 0) is 12.1 Å². The molecular weight excluding hydrogens is 448 g/mol. The van der Waals surface area contributed by atoms with Gasteiger partial charge in [0.15, 0.2) is 11.5 Å². The summed E-state index contributed by atoms with van der Waals surface area (Å²) in [5.74, 6) is -0.753. The Balaban J connectivity index is 2.23. The number of hydrogen-bond donors (Lipinski definition) is 4. The summed E-state index contributed by atoms with van der Waals surface area (Å²) in [6.07, 6.45) is 0. The van der Waals surface area contributed by atoms with E-state index in [4.69, 9.17) is 14.2 Å². The molecule has 0 unspecified atom stereocenters. The molecule has 0 saturated heterocycles. The van der Waals surface area contributed by atoms with Gasteiger partial charge in [0.1, 0.15) is 18.9 Å². The molecule has 1 aliphatic heterocycles. The molecule has 12 nitrogen and oxygen atoms in total. The molecule has 186 valence electrons. The highest BCUT2D eigenvalue weighted by Crippen LogP contribution is 2.32. The zero-order chi connectivity index (χ0) is 25.1. The smallest absolute Gasteiger partial charge is 0.337 e. The molecule has 1 aromatic carbocycles. The van der Waals surface area contributed by atoms with Gasteiger partial charge in [-0.2, -0.15) is 0 Å². The number of aliphatic hydroxyl groups excluding tert-OH is 1. The Labute approximate surface area is 197 Å². The van der Waals surface area contributed by atoms with Crippen molar-refractivity contribution in [2.75, 3.05) is 58.4 Å². The molecule has 0 radical (unpaired) electrons. The molecule has 0 saturated carbocycles. The first kappa shape index (κ1) is 26.5. The Morgan fingerprint density at radius 3 is 2.21 bits per heavy atom. The summed E-state index contributed by atoms with van der Waals surface area (Å²) in [6.45, 7) is 3.56. The zero-order valence-corrected chi connectivity index (χ0v) is 19.4. The number of rotatable bonds is 13.